The quantitative estimate of drug-likeness (QED) is 0.497. The van der Waals surface area contributed by atoms with Crippen molar-refractivity contribution in [3.05, 3.63) is 65.7 Å². The lowest BCUT2D eigenvalue weighted by molar-refractivity contribution is -0.124. The molecule has 0 bridgehead atoms. The van der Waals surface area contributed by atoms with E-state index in [4.69, 9.17) is 4.42 Å². The van der Waals surface area contributed by atoms with Crippen LogP contribution in [0.4, 0.5) is 4.39 Å². The molecular formula is C21H21ClFN3O5S. The number of furan rings is 1. The van der Waals surface area contributed by atoms with Crippen molar-refractivity contribution in [2.45, 2.75) is 17.9 Å². The van der Waals surface area contributed by atoms with E-state index in [0.29, 0.717) is 24.1 Å². The van der Waals surface area contributed by atoms with Gasteiger partial charge in [-0.3, -0.25) is 9.59 Å². The molecule has 0 spiro atoms. The summed E-state index contributed by atoms with van der Waals surface area (Å²) in [5.41, 5.74) is 1.13. The number of carbonyl (C=O) groups is 2. The molecule has 1 saturated heterocycles. The van der Waals surface area contributed by atoms with Gasteiger partial charge < -0.3 is 15.1 Å². The Labute approximate surface area is 190 Å². The van der Waals surface area contributed by atoms with E-state index in [2.05, 4.69) is 10.6 Å². The van der Waals surface area contributed by atoms with Crippen molar-refractivity contribution in [1.29, 1.82) is 0 Å². The first kappa shape index (κ1) is 23.7. The SMILES string of the molecule is Cl.O=C(NS(=O)(=O)c1ccccc1F)c1cc2ccc(CNC(=O)C3CCNC3)cc2o1. The molecule has 1 fully saturated rings. The van der Waals surface area contributed by atoms with E-state index in [1.165, 1.54) is 18.2 Å². The van der Waals surface area contributed by atoms with E-state index < -0.39 is 26.6 Å². The summed E-state index contributed by atoms with van der Waals surface area (Å²) >= 11 is 0. The highest BCUT2D eigenvalue weighted by Crippen LogP contribution is 2.22. The van der Waals surface area contributed by atoms with E-state index in [1.807, 2.05) is 4.72 Å². The lowest BCUT2D eigenvalue weighted by Crippen LogP contribution is -2.31. The Balaban J connectivity index is 0.00000289. The van der Waals surface area contributed by atoms with E-state index in [-0.39, 0.29) is 30.0 Å². The monoisotopic (exact) mass is 481 g/mol. The molecule has 1 atom stereocenters. The van der Waals surface area contributed by atoms with Gasteiger partial charge in [0.1, 0.15) is 16.3 Å². The number of hydrogen-bond acceptors (Lipinski definition) is 6. The van der Waals surface area contributed by atoms with Crippen molar-refractivity contribution in [1.82, 2.24) is 15.4 Å². The molecule has 3 aromatic rings. The Hall–Kier alpha value is -2.95. The fourth-order valence-corrected chi connectivity index (χ4v) is 4.44. The molecule has 1 unspecified atom stereocenters. The summed E-state index contributed by atoms with van der Waals surface area (Å²) < 4.78 is 45.7. The maximum Gasteiger partial charge on any atom is 0.300 e. The van der Waals surface area contributed by atoms with Gasteiger partial charge in [-0.2, -0.15) is 0 Å². The molecule has 1 aliphatic rings. The van der Waals surface area contributed by atoms with Crippen LogP contribution in [0.25, 0.3) is 11.0 Å². The summed E-state index contributed by atoms with van der Waals surface area (Å²) in [6.45, 7) is 1.79. The highest BCUT2D eigenvalue weighted by atomic mass is 35.5. The number of halogens is 2. The number of benzene rings is 2. The van der Waals surface area contributed by atoms with Gasteiger partial charge in [-0.05, 0) is 42.8 Å². The van der Waals surface area contributed by atoms with Crippen LogP contribution in [0.2, 0.25) is 0 Å². The van der Waals surface area contributed by atoms with Gasteiger partial charge in [-0.1, -0.05) is 24.3 Å². The Morgan fingerprint density at radius 3 is 2.66 bits per heavy atom. The topological polar surface area (TPSA) is 118 Å². The first-order valence-electron chi connectivity index (χ1n) is 9.66. The number of fused-ring (bicyclic) bond motifs is 1. The summed E-state index contributed by atoms with van der Waals surface area (Å²) in [6, 6.07) is 11.3. The van der Waals surface area contributed by atoms with E-state index in [0.717, 1.165) is 30.7 Å². The van der Waals surface area contributed by atoms with Crippen molar-refractivity contribution in [3.63, 3.8) is 0 Å². The van der Waals surface area contributed by atoms with E-state index in [1.54, 1.807) is 18.2 Å². The summed E-state index contributed by atoms with van der Waals surface area (Å²) in [6.07, 6.45) is 0.803. The van der Waals surface area contributed by atoms with Crippen LogP contribution < -0.4 is 15.4 Å². The lowest BCUT2D eigenvalue weighted by atomic mass is 10.1. The molecular weight excluding hydrogens is 461 g/mol. The third-order valence-electron chi connectivity index (χ3n) is 5.06. The predicted molar refractivity (Wildman–Crippen MR) is 117 cm³/mol. The molecule has 3 N–H and O–H groups in total. The second-order valence-electron chi connectivity index (χ2n) is 7.26. The minimum absolute atomic E-state index is 0. The smallest absolute Gasteiger partial charge is 0.300 e. The Morgan fingerprint density at radius 2 is 1.94 bits per heavy atom. The molecule has 0 radical (unpaired) electrons. The van der Waals surface area contributed by atoms with Crippen molar-refractivity contribution in [3.8, 4) is 0 Å². The van der Waals surface area contributed by atoms with Gasteiger partial charge in [-0.25, -0.2) is 17.5 Å². The van der Waals surface area contributed by atoms with Crippen molar-refractivity contribution in [2.75, 3.05) is 13.1 Å². The Bertz CT molecular complexity index is 1260. The number of amides is 2. The molecule has 170 valence electrons. The molecule has 2 amide bonds. The number of nitrogens with one attached hydrogen (secondary N) is 3. The largest absolute Gasteiger partial charge is 0.451 e. The average molecular weight is 482 g/mol. The maximum atomic E-state index is 13.8. The summed E-state index contributed by atoms with van der Waals surface area (Å²) in [5, 5.41) is 6.60. The number of rotatable bonds is 6. The van der Waals surface area contributed by atoms with Crippen molar-refractivity contribution >= 4 is 45.2 Å². The normalized spacial score (nSPS) is 15.8. The Morgan fingerprint density at radius 1 is 1.16 bits per heavy atom. The molecule has 1 aliphatic heterocycles. The zero-order valence-electron chi connectivity index (χ0n) is 16.8. The van der Waals surface area contributed by atoms with Gasteiger partial charge in [0.25, 0.3) is 10.0 Å². The number of sulfonamides is 1. The van der Waals surface area contributed by atoms with Crippen LogP contribution in [0.15, 0.2) is 57.8 Å². The van der Waals surface area contributed by atoms with E-state index in [9.17, 15) is 22.4 Å². The summed E-state index contributed by atoms with van der Waals surface area (Å²) in [5.74, 6) is -2.27. The molecule has 32 heavy (non-hydrogen) atoms. The van der Waals surface area contributed by atoms with E-state index >= 15 is 0 Å². The molecule has 2 heterocycles. The third kappa shape index (κ3) is 5.09. The molecule has 8 nitrogen and oxygen atoms in total. The van der Waals surface area contributed by atoms with Crippen LogP contribution in [-0.4, -0.2) is 33.3 Å². The van der Waals surface area contributed by atoms with Crippen LogP contribution in [0.3, 0.4) is 0 Å². The molecule has 1 aromatic heterocycles. The first-order valence-corrected chi connectivity index (χ1v) is 11.1. The standard InChI is InChI=1S/C21H20FN3O5S.ClH/c22-16-3-1-2-4-19(16)31(28,29)25-21(27)18-10-14-6-5-13(9-17(14)30-18)11-24-20(26)15-7-8-23-12-15;/h1-6,9-10,15,23H,7-8,11-12H2,(H,24,26)(H,25,27);1H. The molecule has 4 rings (SSSR count). The Kier molecular flexibility index (Phi) is 7.17. The second kappa shape index (κ2) is 9.68. The number of carbonyl (C=O) groups excluding carboxylic acids is 2. The summed E-state index contributed by atoms with van der Waals surface area (Å²) in [4.78, 5) is 23.9. The lowest BCUT2D eigenvalue weighted by Gasteiger charge is -2.09. The van der Waals surface area contributed by atoms with Gasteiger partial charge in [0.15, 0.2) is 5.76 Å². The number of hydrogen-bond donors (Lipinski definition) is 3. The van der Waals surface area contributed by atoms with Crippen molar-refractivity contribution < 1.29 is 26.8 Å². The zero-order valence-corrected chi connectivity index (χ0v) is 18.4. The first-order chi connectivity index (χ1) is 14.8. The highest BCUT2D eigenvalue weighted by molar-refractivity contribution is 7.90. The van der Waals surface area contributed by atoms with Crippen molar-refractivity contribution in [2.24, 2.45) is 5.92 Å². The molecule has 2 aromatic carbocycles. The highest BCUT2D eigenvalue weighted by Gasteiger charge is 2.24. The molecule has 0 saturated carbocycles. The zero-order chi connectivity index (χ0) is 22.0. The fourth-order valence-electron chi connectivity index (χ4n) is 3.40. The molecule has 0 aliphatic carbocycles. The van der Waals surface area contributed by atoms with Gasteiger partial charge in [-0.15, -0.1) is 12.4 Å². The third-order valence-corrected chi connectivity index (χ3v) is 6.42. The van der Waals surface area contributed by atoms with Gasteiger partial charge >= 0.3 is 5.91 Å². The fraction of sp³-hybridized carbons (Fsp3) is 0.238. The van der Waals surface area contributed by atoms with Gasteiger partial charge in [0.2, 0.25) is 5.91 Å². The van der Waals surface area contributed by atoms with Crippen LogP contribution in [0.5, 0.6) is 0 Å². The van der Waals surface area contributed by atoms with Crippen LogP contribution >= 0.6 is 12.4 Å². The second-order valence-corrected chi connectivity index (χ2v) is 8.91. The van der Waals surface area contributed by atoms with Gasteiger partial charge in [0.05, 0.1) is 5.92 Å². The summed E-state index contributed by atoms with van der Waals surface area (Å²) in [7, 11) is -4.40. The minimum atomic E-state index is -4.40. The molecule has 11 heteroatoms. The maximum absolute atomic E-state index is 13.8. The van der Waals surface area contributed by atoms with Crippen LogP contribution in [-0.2, 0) is 21.4 Å². The van der Waals surface area contributed by atoms with Crippen LogP contribution in [0, 0.1) is 11.7 Å². The average Bonchev–Trinajstić information content (AvgIpc) is 3.41. The van der Waals surface area contributed by atoms with Crippen LogP contribution in [0.1, 0.15) is 22.5 Å². The minimum Gasteiger partial charge on any atom is -0.451 e. The van der Waals surface area contributed by atoms with Gasteiger partial charge in [0, 0.05) is 18.5 Å². The predicted octanol–water partition coefficient (Wildman–Crippen LogP) is 2.34.